The van der Waals surface area contributed by atoms with Crippen molar-refractivity contribution in [3.63, 3.8) is 0 Å². The van der Waals surface area contributed by atoms with Crippen molar-refractivity contribution in [2.45, 2.75) is 57.0 Å². The number of hydrogen-bond acceptors (Lipinski definition) is 4. The number of sulfonamides is 1. The second-order valence-electron chi connectivity index (χ2n) is 7.34. The molecule has 140 valence electrons. The van der Waals surface area contributed by atoms with Crippen molar-refractivity contribution in [3.05, 3.63) is 12.5 Å². The van der Waals surface area contributed by atoms with Crippen molar-refractivity contribution in [2.75, 3.05) is 26.2 Å². The van der Waals surface area contributed by atoms with Crippen molar-refractivity contribution in [3.8, 4) is 0 Å². The van der Waals surface area contributed by atoms with Crippen molar-refractivity contribution in [1.29, 1.82) is 0 Å². The van der Waals surface area contributed by atoms with Gasteiger partial charge in [-0.1, -0.05) is 0 Å². The van der Waals surface area contributed by atoms with E-state index in [0.717, 1.165) is 32.4 Å². The fourth-order valence-corrected chi connectivity index (χ4v) is 5.05. The number of aromatic nitrogens is 2. The third kappa shape index (κ3) is 3.89. The lowest BCUT2D eigenvalue weighted by Gasteiger charge is -2.35. The Morgan fingerprint density at radius 3 is 2.52 bits per heavy atom. The minimum Gasteiger partial charge on any atom is -0.342 e. The zero-order chi connectivity index (χ0) is 18.0. The minimum absolute atomic E-state index is 0.0762. The summed E-state index contributed by atoms with van der Waals surface area (Å²) < 4.78 is 29.0. The standard InChI is InChI=1S/C17H28N4O3S/c1-14(2)20-12-16(18-13-20)25(23,24)21-10-6-7-15(11-21)17(22)19-8-4-3-5-9-19/h12-15H,3-11H2,1-2H3/t15-/m0/s1. The normalized spacial score (nSPS) is 23.2. The van der Waals surface area contributed by atoms with Gasteiger partial charge in [0.1, 0.15) is 0 Å². The van der Waals surface area contributed by atoms with E-state index in [1.807, 2.05) is 18.7 Å². The van der Waals surface area contributed by atoms with Crippen molar-refractivity contribution >= 4 is 15.9 Å². The number of piperidine rings is 2. The number of carbonyl (C=O) groups excluding carboxylic acids is 1. The van der Waals surface area contributed by atoms with Gasteiger partial charge in [-0.2, -0.15) is 4.31 Å². The maximum absolute atomic E-state index is 12.9. The topological polar surface area (TPSA) is 75.5 Å². The average molecular weight is 369 g/mol. The molecule has 1 atom stereocenters. The smallest absolute Gasteiger partial charge is 0.262 e. The highest BCUT2D eigenvalue weighted by Crippen LogP contribution is 2.25. The molecule has 2 saturated heterocycles. The Bertz CT molecular complexity index is 707. The molecule has 0 aliphatic carbocycles. The Morgan fingerprint density at radius 1 is 1.16 bits per heavy atom. The van der Waals surface area contributed by atoms with Crippen LogP contribution in [0.2, 0.25) is 0 Å². The number of hydrogen-bond donors (Lipinski definition) is 0. The SMILES string of the molecule is CC(C)n1cnc(S(=O)(=O)N2CCC[C@H](C(=O)N3CCCCC3)C2)c1. The highest BCUT2D eigenvalue weighted by Gasteiger charge is 2.36. The predicted octanol–water partition coefficient (Wildman–Crippen LogP) is 1.88. The number of amides is 1. The van der Waals surface area contributed by atoms with Crippen LogP contribution in [0.5, 0.6) is 0 Å². The highest BCUT2D eigenvalue weighted by atomic mass is 32.2. The molecule has 1 amide bonds. The molecule has 2 aliphatic heterocycles. The summed E-state index contributed by atoms with van der Waals surface area (Å²) in [5.74, 6) is -0.110. The first-order valence-corrected chi connectivity index (χ1v) is 10.7. The summed E-state index contributed by atoms with van der Waals surface area (Å²) in [6.07, 6.45) is 7.89. The van der Waals surface area contributed by atoms with Crippen LogP contribution in [0.15, 0.2) is 17.6 Å². The monoisotopic (exact) mass is 368 g/mol. The fraction of sp³-hybridized carbons (Fsp3) is 0.765. The third-order valence-corrected chi connectivity index (χ3v) is 6.93. The van der Waals surface area contributed by atoms with E-state index >= 15 is 0 Å². The molecule has 7 nitrogen and oxygen atoms in total. The zero-order valence-corrected chi connectivity index (χ0v) is 15.9. The molecule has 8 heteroatoms. The molecule has 0 bridgehead atoms. The first-order chi connectivity index (χ1) is 11.9. The van der Waals surface area contributed by atoms with E-state index in [4.69, 9.17) is 0 Å². The van der Waals surface area contributed by atoms with Crippen molar-refractivity contribution in [1.82, 2.24) is 18.8 Å². The van der Waals surface area contributed by atoms with Gasteiger partial charge in [-0.25, -0.2) is 13.4 Å². The van der Waals surface area contributed by atoms with Crippen LogP contribution in [0.4, 0.5) is 0 Å². The lowest BCUT2D eigenvalue weighted by Crippen LogP contribution is -2.47. The predicted molar refractivity (Wildman–Crippen MR) is 94.5 cm³/mol. The van der Waals surface area contributed by atoms with Gasteiger partial charge in [0, 0.05) is 38.4 Å². The van der Waals surface area contributed by atoms with E-state index in [2.05, 4.69) is 4.98 Å². The molecule has 0 saturated carbocycles. The molecule has 0 spiro atoms. The van der Waals surface area contributed by atoms with E-state index < -0.39 is 10.0 Å². The van der Waals surface area contributed by atoms with Gasteiger partial charge in [-0.3, -0.25) is 4.79 Å². The van der Waals surface area contributed by atoms with Gasteiger partial charge in [0.05, 0.1) is 12.2 Å². The summed E-state index contributed by atoms with van der Waals surface area (Å²) in [4.78, 5) is 18.7. The van der Waals surface area contributed by atoms with Crippen LogP contribution < -0.4 is 0 Å². The molecule has 0 radical (unpaired) electrons. The van der Waals surface area contributed by atoms with Gasteiger partial charge < -0.3 is 9.47 Å². The average Bonchev–Trinajstić information content (AvgIpc) is 3.13. The van der Waals surface area contributed by atoms with Crippen molar-refractivity contribution in [2.24, 2.45) is 5.92 Å². The summed E-state index contributed by atoms with van der Waals surface area (Å²) in [6, 6.07) is 0.159. The van der Waals surface area contributed by atoms with Crippen LogP contribution in [0, 0.1) is 5.92 Å². The molecular weight excluding hydrogens is 340 g/mol. The van der Waals surface area contributed by atoms with Crippen LogP contribution >= 0.6 is 0 Å². The zero-order valence-electron chi connectivity index (χ0n) is 15.1. The van der Waals surface area contributed by atoms with Gasteiger partial charge >= 0.3 is 0 Å². The van der Waals surface area contributed by atoms with Crippen LogP contribution in [0.1, 0.15) is 52.0 Å². The second kappa shape index (κ2) is 7.45. The van der Waals surface area contributed by atoms with Gasteiger partial charge in [0.2, 0.25) is 5.91 Å². The summed E-state index contributed by atoms with van der Waals surface area (Å²) in [5.41, 5.74) is 0. The van der Waals surface area contributed by atoms with Crippen molar-refractivity contribution < 1.29 is 13.2 Å². The molecule has 25 heavy (non-hydrogen) atoms. The van der Waals surface area contributed by atoms with E-state index in [9.17, 15) is 13.2 Å². The van der Waals surface area contributed by atoms with Crippen LogP contribution in [0.3, 0.4) is 0 Å². The lowest BCUT2D eigenvalue weighted by molar-refractivity contribution is -0.137. The molecule has 1 aromatic rings. The highest BCUT2D eigenvalue weighted by molar-refractivity contribution is 7.89. The Kier molecular flexibility index (Phi) is 5.48. The number of likely N-dealkylation sites (tertiary alicyclic amines) is 1. The maximum Gasteiger partial charge on any atom is 0.262 e. The molecule has 0 N–H and O–H groups in total. The quantitative estimate of drug-likeness (QED) is 0.813. The molecule has 1 aromatic heterocycles. The minimum atomic E-state index is -3.64. The number of rotatable bonds is 4. The molecule has 3 heterocycles. The first-order valence-electron chi connectivity index (χ1n) is 9.22. The summed E-state index contributed by atoms with van der Waals surface area (Å²) in [6.45, 7) is 6.30. The number of carbonyl (C=O) groups is 1. The van der Waals surface area contributed by atoms with Crippen LogP contribution in [-0.2, 0) is 14.8 Å². The maximum atomic E-state index is 12.9. The van der Waals surface area contributed by atoms with Gasteiger partial charge in [-0.05, 0) is 46.0 Å². The summed E-state index contributed by atoms with van der Waals surface area (Å²) in [5, 5.41) is 0.0762. The molecular formula is C17H28N4O3S. The Morgan fingerprint density at radius 2 is 1.88 bits per heavy atom. The largest absolute Gasteiger partial charge is 0.342 e. The lowest BCUT2D eigenvalue weighted by atomic mass is 9.97. The van der Waals surface area contributed by atoms with E-state index in [1.54, 1.807) is 17.1 Å². The molecule has 3 rings (SSSR count). The Hall–Kier alpha value is -1.41. The summed E-state index contributed by atoms with van der Waals surface area (Å²) in [7, 11) is -3.64. The molecule has 0 unspecified atom stereocenters. The second-order valence-corrected chi connectivity index (χ2v) is 9.23. The van der Waals surface area contributed by atoms with Gasteiger partial charge in [0.15, 0.2) is 5.03 Å². The van der Waals surface area contributed by atoms with E-state index in [1.165, 1.54) is 10.7 Å². The van der Waals surface area contributed by atoms with Gasteiger partial charge in [0.25, 0.3) is 10.0 Å². The Labute approximate surface area is 150 Å². The number of nitrogens with zero attached hydrogens (tertiary/aromatic N) is 4. The molecule has 2 aliphatic rings. The van der Waals surface area contributed by atoms with E-state index in [-0.39, 0.29) is 29.4 Å². The molecule has 2 fully saturated rings. The van der Waals surface area contributed by atoms with Crippen LogP contribution in [-0.4, -0.2) is 59.3 Å². The molecule has 0 aromatic carbocycles. The first kappa shape index (κ1) is 18.4. The summed E-state index contributed by atoms with van der Waals surface area (Å²) >= 11 is 0. The fourth-order valence-electron chi connectivity index (χ4n) is 3.60. The van der Waals surface area contributed by atoms with E-state index in [0.29, 0.717) is 13.0 Å². The number of imidazole rings is 1. The van der Waals surface area contributed by atoms with Crippen LogP contribution in [0.25, 0.3) is 0 Å². The third-order valence-electron chi connectivity index (χ3n) is 5.18. The Balaban J connectivity index is 1.72. The van der Waals surface area contributed by atoms with Gasteiger partial charge in [-0.15, -0.1) is 0 Å².